The van der Waals surface area contributed by atoms with Gasteiger partial charge in [-0.05, 0) is 43.3 Å². The molecule has 1 aromatic carbocycles. The van der Waals surface area contributed by atoms with E-state index in [4.69, 9.17) is 9.26 Å². The SMILES string of the molecule is CC(=O)CCSP(=O)(O)OCCNC(=O)CCCCCNC(=O)c1ccc2c(c1)C(=O)OC2. The second-order valence-corrected chi connectivity index (χ2v) is 11.5. The first-order valence-corrected chi connectivity index (χ1v) is 13.8. The molecule has 0 spiro atoms. The summed E-state index contributed by atoms with van der Waals surface area (Å²) in [6.07, 6.45) is 2.56. The number of carbonyl (C=O) groups excluding carboxylic acids is 4. The molecule has 33 heavy (non-hydrogen) atoms. The van der Waals surface area contributed by atoms with Gasteiger partial charge in [0.05, 0.1) is 12.2 Å². The standard InChI is InChI=1S/C21H29N2O8PS/c1-15(24)8-12-33-32(28,29)31-11-10-22-19(25)5-3-2-4-9-23-20(26)16-6-7-17-14-30-21(27)18(17)13-16/h6-7,13H,2-5,8-12,14H2,1H3,(H,22,25)(H,23,26)(H,28,29). The Bertz CT molecular complexity index is 924. The normalized spacial score (nSPS) is 14.2. The van der Waals surface area contributed by atoms with Crippen molar-refractivity contribution >= 4 is 41.7 Å². The van der Waals surface area contributed by atoms with E-state index >= 15 is 0 Å². The molecular formula is C21H29N2O8PS. The van der Waals surface area contributed by atoms with Crippen molar-refractivity contribution in [2.75, 3.05) is 25.4 Å². The number of rotatable bonds is 15. The smallest absolute Gasteiger partial charge is 0.386 e. The number of ketones is 1. The van der Waals surface area contributed by atoms with Gasteiger partial charge in [-0.1, -0.05) is 12.5 Å². The van der Waals surface area contributed by atoms with Gasteiger partial charge in [-0.15, -0.1) is 0 Å². The highest BCUT2D eigenvalue weighted by Crippen LogP contribution is 2.55. The topological polar surface area (TPSA) is 148 Å². The highest BCUT2D eigenvalue weighted by Gasteiger charge is 2.22. The molecule has 0 saturated heterocycles. The summed E-state index contributed by atoms with van der Waals surface area (Å²) < 4.78 is 21.6. The third-order valence-corrected chi connectivity index (χ3v) is 7.77. The first-order valence-electron chi connectivity index (χ1n) is 10.6. The molecule has 1 aliphatic heterocycles. The average Bonchev–Trinajstić information content (AvgIpc) is 3.13. The third-order valence-electron chi connectivity index (χ3n) is 4.70. The second kappa shape index (κ2) is 13.5. The quantitative estimate of drug-likeness (QED) is 0.188. The Morgan fingerprint density at radius 1 is 1.15 bits per heavy atom. The predicted octanol–water partition coefficient (Wildman–Crippen LogP) is 2.59. The monoisotopic (exact) mass is 500 g/mol. The number of cyclic esters (lactones) is 1. The van der Waals surface area contributed by atoms with Crippen molar-refractivity contribution < 1.29 is 37.9 Å². The summed E-state index contributed by atoms with van der Waals surface area (Å²) in [5, 5.41) is 5.41. The van der Waals surface area contributed by atoms with E-state index in [2.05, 4.69) is 10.6 Å². The molecule has 1 unspecified atom stereocenters. The van der Waals surface area contributed by atoms with Crippen LogP contribution >= 0.6 is 18.2 Å². The Kier molecular flexibility index (Phi) is 11.1. The predicted molar refractivity (Wildman–Crippen MR) is 123 cm³/mol. The maximum absolute atomic E-state index is 12.2. The molecular weight excluding hydrogens is 471 g/mol. The van der Waals surface area contributed by atoms with Gasteiger partial charge in [0.15, 0.2) is 0 Å². The summed E-state index contributed by atoms with van der Waals surface area (Å²) in [6.45, 7) is -1.72. The lowest BCUT2D eigenvalue weighted by atomic mass is 10.1. The number of esters is 1. The number of carbonyl (C=O) groups is 4. The minimum absolute atomic E-state index is 0.0653. The number of ether oxygens (including phenoxy) is 1. The Labute approximate surface area is 196 Å². The fraction of sp³-hybridized carbons (Fsp3) is 0.524. The molecule has 0 radical (unpaired) electrons. The fourth-order valence-electron chi connectivity index (χ4n) is 2.93. The number of benzene rings is 1. The summed E-state index contributed by atoms with van der Waals surface area (Å²) in [4.78, 5) is 56.0. The van der Waals surface area contributed by atoms with Gasteiger partial charge in [-0.3, -0.25) is 18.9 Å². The van der Waals surface area contributed by atoms with Gasteiger partial charge in [0.25, 0.3) is 5.91 Å². The maximum atomic E-state index is 12.2. The first-order chi connectivity index (χ1) is 15.7. The lowest BCUT2D eigenvalue weighted by Gasteiger charge is -2.11. The minimum Gasteiger partial charge on any atom is -0.457 e. The van der Waals surface area contributed by atoms with Crippen LogP contribution in [0.1, 0.15) is 65.3 Å². The summed E-state index contributed by atoms with van der Waals surface area (Å²) >= 11 is 0.698. The van der Waals surface area contributed by atoms with Crippen LogP contribution in [0.5, 0.6) is 0 Å². The van der Waals surface area contributed by atoms with Crippen LogP contribution in [-0.4, -0.2) is 53.9 Å². The molecule has 0 fully saturated rings. The molecule has 2 rings (SSSR count). The zero-order valence-corrected chi connectivity index (χ0v) is 20.2. The molecule has 1 aromatic rings. The van der Waals surface area contributed by atoms with E-state index in [0.717, 1.165) is 12.0 Å². The van der Waals surface area contributed by atoms with Gasteiger partial charge in [-0.2, -0.15) is 0 Å². The molecule has 10 nitrogen and oxygen atoms in total. The number of Topliss-reactive ketones (excluding diaryl/α,β-unsaturated/α-hetero) is 1. The zero-order valence-electron chi connectivity index (χ0n) is 18.5. The molecule has 2 amide bonds. The number of hydrogen-bond acceptors (Lipinski definition) is 8. The molecule has 0 saturated carbocycles. The van der Waals surface area contributed by atoms with Crippen LogP contribution in [0.15, 0.2) is 18.2 Å². The van der Waals surface area contributed by atoms with Crippen LogP contribution in [-0.2, 0) is 30.0 Å². The Balaban J connectivity index is 1.50. The molecule has 3 N–H and O–H groups in total. The van der Waals surface area contributed by atoms with Gasteiger partial charge >= 0.3 is 12.8 Å². The summed E-state index contributed by atoms with van der Waals surface area (Å²) in [6, 6.07) is 4.91. The van der Waals surface area contributed by atoms with Crippen molar-refractivity contribution in [2.45, 2.75) is 45.6 Å². The van der Waals surface area contributed by atoms with E-state index in [0.29, 0.717) is 48.3 Å². The van der Waals surface area contributed by atoms with Crippen molar-refractivity contribution in [3.8, 4) is 0 Å². The van der Waals surface area contributed by atoms with Gasteiger partial charge < -0.3 is 20.3 Å². The second-order valence-electron chi connectivity index (χ2n) is 7.45. The summed E-state index contributed by atoms with van der Waals surface area (Å²) in [5.41, 5.74) is 1.60. The van der Waals surface area contributed by atoms with Crippen molar-refractivity contribution in [1.29, 1.82) is 0 Å². The molecule has 0 aliphatic carbocycles. The highest BCUT2D eigenvalue weighted by molar-refractivity contribution is 8.54. The number of amides is 2. The first kappa shape index (κ1) is 27.0. The zero-order chi connectivity index (χ0) is 24.3. The van der Waals surface area contributed by atoms with Crippen LogP contribution in [0.3, 0.4) is 0 Å². The maximum Gasteiger partial charge on any atom is 0.386 e. The van der Waals surface area contributed by atoms with E-state index in [1.54, 1.807) is 12.1 Å². The van der Waals surface area contributed by atoms with Gasteiger partial charge in [-0.25, -0.2) is 9.36 Å². The van der Waals surface area contributed by atoms with Crippen molar-refractivity contribution in [2.24, 2.45) is 0 Å². The lowest BCUT2D eigenvalue weighted by molar-refractivity contribution is -0.121. The molecule has 182 valence electrons. The van der Waals surface area contributed by atoms with Gasteiger partial charge in [0, 0.05) is 42.8 Å². The molecule has 1 atom stereocenters. The van der Waals surface area contributed by atoms with Crippen molar-refractivity contribution in [3.05, 3.63) is 34.9 Å². The largest absolute Gasteiger partial charge is 0.457 e. The molecule has 0 bridgehead atoms. The van der Waals surface area contributed by atoms with Crippen LogP contribution < -0.4 is 10.6 Å². The van der Waals surface area contributed by atoms with E-state index in [1.807, 2.05) is 0 Å². The van der Waals surface area contributed by atoms with E-state index < -0.39 is 12.8 Å². The summed E-state index contributed by atoms with van der Waals surface area (Å²) in [7, 11) is 0. The average molecular weight is 501 g/mol. The van der Waals surface area contributed by atoms with Crippen molar-refractivity contribution in [3.63, 3.8) is 0 Å². The van der Waals surface area contributed by atoms with Crippen LogP contribution in [0.25, 0.3) is 0 Å². The summed E-state index contributed by atoms with van der Waals surface area (Å²) in [5.74, 6) is -0.735. The fourth-order valence-corrected chi connectivity index (χ4v) is 5.35. The van der Waals surface area contributed by atoms with Gasteiger partial charge in [0.1, 0.15) is 12.4 Å². The highest BCUT2D eigenvalue weighted by atomic mass is 32.7. The van der Waals surface area contributed by atoms with Gasteiger partial charge in [0.2, 0.25) is 5.91 Å². The van der Waals surface area contributed by atoms with E-state index in [1.165, 1.54) is 13.0 Å². The molecule has 1 heterocycles. The number of nitrogens with one attached hydrogen (secondary N) is 2. The molecule has 0 aromatic heterocycles. The van der Waals surface area contributed by atoms with Crippen molar-refractivity contribution in [1.82, 2.24) is 10.6 Å². The molecule has 1 aliphatic rings. The third kappa shape index (κ3) is 10.1. The molecule has 12 heteroatoms. The number of hydrogen-bond donors (Lipinski definition) is 3. The lowest BCUT2D eigenvalue weighted by Crippen LogP contribution is -2.27. The number of fused-ring (bicyclic) bond motifs is 1. The minimum atomic E-state index is -3.82. The van der Waals surface area contributed by atoms with Crippen LogP contribution in [0.4, 0.5) is 0 Å². The Morgan fingerprint density at radius 2 is 1.94 bits per heavy atom. The Hall–Kier alpha value is -2.20. The van der Waals surface area contributed by atoms with E-state index in [9.17, 15) is 28.6 Å². The van der Waals surface area contributed by atoms with Crippen LogP contribution in [0, 0.1) is 0 Å². The van der Waals surface area contributed by atoms with Crippen LogP contribution in [0.2, 0.25) is 0 Å². The Morgan fingerprint density at radius 3 is 2.70 bits per heavy atom. The van der Waals surface area contributed by atoms with E-state index in [-0.39, 0.29) is 49.5 Å². The number of unbranched alkanes of at least 4 members (excludes halogenated alkanes) is 2.